The Balaban J connectivity index is 1.91. The van der Waals surface area contributed by atoms with Crippen molar-refractivity contribution < 1.29 is 9.84 Å². The van der Waals surface area contributed by atoms with E-state index in [1.54, 1.807) is 7.11 Å². The lowest BCUT2D eigenvalue weighted by atomic mass is 10.1. The maximum Gasteiger partial charge on any atom is 0.167 e. The molecule has 0 spiro atoms. The topological polar surface area (TPSA) is 68.1 Å². The Hall–Kier alpha value is -3.73. The van der Waals surface area contributed by atoms with Crippen LogP contribution in [0.15, 0.2) is 72.8 Å². The number of hydrogen-bond donors (Lipinski definition) is 1. The van der Waals surface area contributed by atoms with Gasteiger partial charge in [0.15, 0.2) is 17.5 Å². The molecule has 0 fully saturated rings. The Morgan fingerprint density at radius 2 is 1.29 bits per heavy atom. The van der Waals surface area contributed by atoms with Gasteiger partial charge in [-0.05, 0) is 42.8 Å². The van der Waals surface area contributed by atoms with Gasteiger partial charge in [-0.3, -0.25) is 0 Å². The molecule has 0 amide bonds. The molecule has 5 heteroatoms. The summed E-state index contributed by atoms with van der Waals surface area (Å²) in [6.45, 7) is 1.85. The monoisotopic (exact) mass is 369 g/mol. The van der Waals surface area contributed by atoms with E-state index in [9.17, 15) is 5.11 Å². The minimum Gasteiger partial charge on any atom is -0.507 e. The van der Waals surface area contributed by atoms with Gasteiger partial charge in [0.1, 0.15) is 11.5 Å². The largest absolute Gasteiger partial charge is 0.507 e. The molecular weight excluding hydrogens is 350 g/mol. The number of para-hydroxylation sites is 1. The maximum atomic E-state index is 10.5. The molecule has 0 aliphatic rings. The molecule has 4 rings (SSSR count). The minimum absolute atomic E-state index is 0.174. The van der Waals surface area contributed by atoms with E-state index >= 15 is 0 Å². The Labute approximate surface area is 163 Å². The van der Waals surface area contributed by atoms with Crippen LogP contribution >= 0.6 is 0 Å². The minimum atomic E-state index is 0.174. The molecule has 28 heavy (non-hydrogen) atoms. The van der Waals surface area contributed by atoms with Gasteiger partial charge in [0.05, 0.1) is 12.7 Å². The van der Waals surface area contributed by atoms with Gasteiger partial charge in [0, 0.05) is 11.1 Å². The molecule has 0 radical (unpaired) electrons. The number of benzene rings is 3. The molecule has 0 aliphatic heterocycles. The second-order valence-corrected chi connectivity index (χ2v) is 6.37. The molecule has 1 N–H and O–H groups in total. The van der Waals surface area contributed by atoms with Crippen molar-refractivity contribution in [3.05, 3.63) is 78.4 Å². The summed E-state index contributed by atoms with van der Waals surface area (Å²) in [4.78, 5) is 13.9. The molecule has 0 saturated carbocycles. The molecule has 0 aliphatic carbocycles. The lowest BCUT2D eigenvalue weighted by Crippen LogP contribution is -2.00. The average Bonchev–Trinajstić information content (AvgIpc) is 2.76. The zero-order chi connectivity index (χ0) is 19.5. The van der Waals surface area contributed by atoms with E-state index in [0.717, 1.165) is 22.4 Å². The second-order valence-electron chi connectivity index (χ2n) is 6.37. The molecule has 138 valence electrons. The molecule has 0 saturated heterocycles. The number of aromatic nitrogens is 3. The average molecular weight is 369 g/mol. The number of phenols is 1. The predicted molar refractivity (Wildman–Crippen MR) is 109 cm³/mol. The van der Waals surface area contributed by atoms with Crippen molar-refractivity contribution in [3.63, 3.8) is 0 Å². The quantitative estimate of drug-likeness (QED) is 0.554. The highest BCUT2D eigenvalue weighted by molar-refractivity contribution is 5.70. The Kier molecular flexibility index (Phi) is 4.72. The lowest BCUT2D eigenvalue weighted by Gasteiger charge is -2.10. The molecule has 0 atom stereocenters. The summed E-state index contributed by atoms with van der Waals surface area (Å²) in [6.07, 6.45) is 0. The highest BCUT2D eigenvalue weighted by Gasteiger charge is 2.15. The fourth-order valence-corrected chi connectivity index (χ4v) is 2.92. The third-order valence-corrected chi connectivity index (χ3v) is 4.49. The van der Waals surface area contributed by atoms with Gasteiger partial charge in [-0.1, -0.05) is 42.5 Å². The van der Waals surface area contributed by atoms with Crippen LogP contribution in [0.4, 0.5) is 0 Å². The summed E-state index contributed by atoms with van der Waals surface area (Å²) >= 11 is 0. The molecule has 1 aromatic heterocycles. The van der Waals surface area contributed by atoms with Crippen molar-refractivity contribution in [1.82, 2.24) is 15.0 Å². The Morgan fingerprint density at radius 1 is 0.679 bits per heavy atom. The van der Waals surface area contributed by atoms with E-state index in [1.165, 1.54) is 0 Å². The van der Waals surface area contributed by atoms with Gasteiger partial charge in [0.2, 0.25) is 0 Å². The summed E-state index contributed by atoms with van der Waals surface area (Å²) in [7, 11) is 1.63. The van der Waals surface area contributed by atoms with E-state index in [0.29, 0.717) is 23.0 Å². The number of methoxy groups -OCH3 is 1. The summed E-state index contributed by atoms with van der Waals surface area (Å²) in [6, 6.07) is 22.8. The third-order valence-electron chi connectivity index (χ3n) is 4.49. The second kappa shape index (κ2) is 7.48. The molecule has 0 unspecified atom stereocenters. The summed E-state index contributed by atoms with van der Waals surface area (Å²) in [5, 5.41) is 10.5. The van der Waals surface area contributed by atoms with Crippen molar-refractivity contribution in [2.45, 2.75) is 6.92 Å². The number of aromatic hydroxyl groups is 1. The standard InChI is InChI=1S/C23H19N3O2/c1-15-7-6-10-19(20(15)27)23-25-21(16-8-4-3-5-9-16)24-22(26-23)17-11-13-18(28-2)14-12-17/h3-14,27H,1-2H3. The molecule has 4 aromatic rings. The van der Waals surface area contributed by atoms with Crippen LogP contribution in [0.3, 0.4) is 0 Å². The zero-order valence-corrected chi connectivity index (χ0v) is 15.6. The lowest BCUT2D eigenvalue weighted by molar-refractivity contribution is 0.415. The predicted octanol–water partition coefficient (Wildman–Crippen LogP) is 4.90. The number of nitrogens with zero attached hydrogens (tertiary/aromatic N) is 3. The molecular formula is C23H19N3O2. The van der Waals surface area contributed by atoms with Crippen molar-refractivity contribution in [3.8, 4) is 45.7 Å². The third kappa shape index (κ3) is 3.42. The van der Waals surface area contributed by atoms with Crippen LogP contribution in [0.2, 0.25) is 0 Å². The van der Waals surface area contributed by atoms with Crippen LogP contribution in [-0.4, -0.2) is 27.2 Å². The van der Waals surface area contributed by atoms with Crippen LogP contribution in [0.5, 0.6) is 11.5 Å². The number of hydrogen-bond acceptors (Lipinski definition) is 5. The van der Waals surface area contributed by atoms with Crippen LogP contribution in [0, 0.1) is 6.92 Å². The van der Waals surface area contributed by atoms with Gasteiger partial charge in [0.25, 0.3) is 0 Å². The summed E-state index contributed by atoms with van der Waals surface area (Å²) in [5.74, 6) is 2.46. The highest BCUT2D eigenvalue weighted by Crippen LogP contribution is 2.32. The van der Waals surface area contributed by atoms with Crippen LogP contribution in [0.1, 0.15) is 5.56 Å². The smallest absolute Gasteiger partial charge is 0.167 e. The highest BCUT2D eigenvalue weighted by atomic mass is 16.5. The summed E-state index contributed by atoms with van der Waals surface area (Å²) < 4.78 is 5.23. The van der Waals surface area contributed by atoms with E-state index in [2.05, 4.69) is 15.0 Å². The van der Waals surface area contributed by atoms with Crippen molar-refractivity contribution in [1.29, 1.82) is 0 Å². The molecule has 5 nitrogen and oxygen atoms in total. The van der Waals surface area contributed by atoms with Crippen molar-refractivity contribution in [2.24, 2.45) is 0 Å². The first-order chi connectivity index (χ1) is 13.7. The first-order valence-corrected chi connectivity index (χ1v) is 8.90. The Morgan fingerprint density at radius 3 is 1.93 bits per heavy atom. The summed E-state index contributed by atoms with van der Waals surface area (Å²) in [5.41, 5.74) is 3.07. The number of phenolic OH excluding ortho intramolecular Hbond substituents is 1. The van der Waals surface area contributed by atoms with Gasteiger partial charge in [-0.15, -0.1) is 0 Å². The van der Waals surface area contributed by atoms with Gasteiger partial charge in [-0.2, -0.15) is 0 Å². The number of rotatable bonds is 4. The fourth-order valence-electron chi connectivity index (χ4n) is 2.92. The van der Waals surface area contributed by atoms with Gasteiger partial charge >= 0.3 is 0 Å². The molecule has 1 heterocycles. The van der Waals surface area contributed by atoms with Crippen LogP contribution in [0.25, 0.3) is 34.2 Å². The zero-order valence-electron chi connectivity index (χ0n) is 15.6. The van der Waals surface area contributed by atoms with Crippen molar-refractivity contribution in [2.75, 3.05) is 7.11 Å². The first-order valence-electron chi connectivity index (χ1n) is 8.90. The van der Waals surface area contributed by atoms with Gasteiger partial charge in [-0.25, -0.2) is 15.0 Å². The van der Waals surface area contributed by atoms with E-state index in [-0.39, 0.29) is 5.75 Å². The fraction of sp³-hybridized carbons (Fsp3) is 0.0870. The molecule has 0 bridgehead atoms. The van der Waals surface area contributed by atoms with E-state index < -0.39 is 0 Å². The number of ether oxygens (including phenoxy) is 1. The van der Waals surface area contributed by atoms with E-state index in [4.69, 9.17) is 4.74 Å². The van der Waals surface area contributed by atoms with E-state index in [1.807, 2.05) is 79.7 Å². The normalized spacial score (nSPS) is 10.6. The number of aryl methyl sites for hydroxylation is 1. The van der Waals surface area contributed by atoms with Crippen LogP contribution in [-0.2, 0) is 0 Å². The van der Waals surface area contributed by atoms with Crippen LogP contribution < -0.4 is 4.74 Å². The SMILES string of the molecule is COc1ccc(-c2nc(-c3ccccc3)nc(-c3cccc(C)c3O)n2)cc1. The van der Waals surface area contributed by atoms with Crippen molar-refractivity contribution >= 4 is 0 Å². The molecule has 3 aromatic carbocycles. The first kappa shape index (κ1) is 17.7. The maximum absolute atomic E-state index is 10.5. The van der Waals surface area contributed by atoms with Gasteiger partial charge < -0.3 is 9.84 Å². The Bertz CT molecular complexity index is 1110.